The minimum Gasteiger partial charge on any atom is -0.497 e. The highest BCUT2D eigenvalue weighted by molar-refractivity contribution is 6.36. The van der Waals surface area contributed by atoms with Gasteiger partial charge in [-0.2, -0.15) is 5.10 Å². The molecule has 8 heteroatoms. The fourth-order valence-electron chi connectivity index (χ4n) is 2.41. The van der Waals surface area contributed by atoms with Crippen molar-refractivity contribution in [2.45, 2.75) is 0 Å². The van der Waals surface area contributed by atoms with Crippen LogP contribution in [0.25, 0.3) is 11.3 Å². The number of hydrogen-bond donors (Lipinski definition) is 1. The zero-order chi connectivity index (χ0) is 20.1. The van der Waals surface area contributed by atoms with Crippen molar-refractivity contribution in [3.05, 3.63) is 69.9 Å². The van der Waals surface area contributed by atoms with Crippen LogP contribution >= 0.6 is 23.2 Å². The van der Waals surface area contributed by atoms with E-state index in [9.17, 15) is 4.79 Å². The van der Waals surface area contributed by atoms with Crippen molar-refractivity contribution in [3.63, 3.8) is 0 Å². The van der Waals surface area contributed by atoms with Gasteiger partial charge in [-0.3, -0.25) is 4.79 Å². The molecule has 0 unspecified atom stereocenters. The number of hydrazone groups is 1. The van der Waals surface area contributed by atoms with Crippen molar-refractivity contribution < 1.29 is 18.7 Å². The molecule has 0 radical (unpaired) electrons. The Morgan fingerprint density at radius 2 is 1.75 bits per heavy atom. The first-order valence-corrected chi connectivity index (χ1v) is 8.87. The highest BCUT2D eigenvalue weighted by atomic mass is 35.5. The molecule has 1 N–H and O–H groups in total. The van der Waals surface area contributed by atoms with Crippen molar-refractivity contribution in [1.29, 1.82) is 0 Å². The van der Waals surface area contributed by atoms with Crippen molar-refractivity contribution in [2.75, 3.05) is 14.2 Å². The van der Waals surface area contributed by atoms with E-state index in [-0.39, 0.29) is 0 Å². The Hall–Kier alpha value is -2.96. The Kier molecular flexibility index (Phi) is 6.23. The van der Waals surface area contributed by atoms with Crippen LogP contribution in [-0.4, -0.2) is 26.3 Å². The number of nitrogens with one attached hydrogen (secondary N) is 1. The molecule has 6 nitrogen and oxygen atoms in total. The minimum absolute atomic E-state index is 0.349. The molecule has 1 heterocycles. The summed E-state index contributed by atoms with van der Waals surface area (Å²) in [6.45, 7) is 0. The van der Waals surface area contributed by atoms with Gasteiger partial charge in [0.05, 0.1) is 25.5 Å². The van der Waals surface area contributed by atoms with E-state index in [1.54, 1.807) is 48.5 Å². The number of carbonyl (C=O) groups is 1. The molecule has 0 bridgehead atoms. The van der Waals surface area contributed by atoms with Crippen LogP contribution in [0.4, 0.5) is 0 Å². The van der Waals surface area contributed by atoms with Crippen LogP contribution in [0.5, 0.6) is 11.5 Å². The van der Waals surface area contributed by atoms with Crippen molar-refractivity contribution >= 4 is 35.3 Å². The molecular formula is C20H16Cl2N2O4. The maximum absolute atomic E-state index is 12.3. The third kappa shape index (κ3) is 4.65. The van der Waals surface area contributed by atoms with Crippen LogP contribution in [0.1, 0.15) is 16.1 Å². The number of ether oxygens (including phenoxy) is 2. The summed E-state index contributed by atoms with van der Waals surface area (Å²) in [6, 6.07) is 13.4. The second-order valence-corrected chi connectivity index (χ2v) is 6.47. The Bertz CT molecular complexity index is 1010. The molecule has 0 saturated carbocycles. The largest absolute Gasteiger partial charge is 0.497 e. The lowest BCUT2D eigenvalue weighted by molar-refractivity contribution is 0.0954. The molecule has 3 aromatic rings. The van der Waals surface area contributed by atoms with Crippen LogP contribution < -0.4 is 14.9 Å². The third-order valence-corrected chi connectivity index (χ3v) is 4.34. The predicted octanol–water partition coefficient (Wildman–Crippen LogP) is 5.03. The highest BCUT2D eigenvalue weighted by Gasteiger charge is 2.10. The normalized spacial score (nSPS) is 10.9. The summed E-state index contributed by atoms with van der Waals surface area (Å²) < 4.78 is 16.0. The summed E-state index contributed by atoms with van der Waals surface area (Å²) in [5.41, 5.74) is 3.49. The molecular weight excluding hydrogens is 403 g/mol. The Morgan fingerprint density at radius 3 is 2.39 bits per heavy atom. The van der Waals surface area contributed by atoms with Crippen molar-refractivity contribution in [1.82, 2.24) is 5.43 Å². The van der Waals surface area contributed by atoms with Crippen LogP contribution in [-0.2, 0) is 0 Å². The number of rotatable bonds is 6. The molecule has 0 spiro atoms. The molecule has 0 aliphatic carbocycles. The van der Waals surface area contributed by atoms with E-state index in [0.717, 1.165) is 0 Å². The van der Waals surface area contributed by atoms with E-state index in [1.807, 2.05) is 0 Å². The molecule has 0 aliphatic heterocycles. The molecule has 144 valence electrons. The first-order valence-electron chi connectivity index (χ1n) is 8.12. The molecule has 2 aromatic carbocycles. The number of furan rings is 1. The Labute approximate surface area is 171 Å². The van der Waals surface area contributed by atoms with E-state index >= 15 is 0 Å². The van der Waals surface area contributed by atoms with Gasteiger partial charge in [-0.25, -0.2) is 5.43 Å². The maximum atomic E-state index is 12.3. The topological polar surface area (TPSA) is 73.1 Å². The van der Waals surface area contributed by atoms with Gasteiger partial charge in [0.2, 0.25) is 0 Å². The fourth-order valence-corrected chi connectivity index (χ4v) is 2.92. The third-order valence-electron chi connectivity index (χ3n) is 3.79. The molecule has 1 amide bonds. The minimum atomic E-state index is -0.416. The molecule has 0 atom stereocenters. The number of halogens is 2. The lowest BCUT2D eigenvalue weighted by Crippen LogP contribution is -2.17. The van der Waals surface area contributed by atoms with Gasteiger partial charge in [0.25, 0.3) is 5.91 Å². The van der Waals surface area contributed by atoms with Gasteiger partial charge in [0, 0.05) is 22.2 Å². The van der Waals surface area contributed by atoms with E-state index in [2.05, 4.69) is 10.5 Å². The first-order chi connectivity index (χ1) is 13.5. The number of nitrogens with zero attached hydrogens (tertiary/aromatic N) is 1. The number of carbonyl (C=O) groups excluding carboxylic acids is 1. The zero-order valence-corrected chi connectivity index (χ0v) is 16.5. The average Bonchev–Trinajstić information content (AvgIpc) is 3.15. The highest BCUT2D eigenvalue weighted by Crippen LogP contribution is 2.31. The molecule has 0 aliphatic rings. The summed E-state index contributed by atoms with van der Waals surface area (Å²) in [6.07, 6.45) is 1.39. The number of amides is 1. The first kappa shape index (κ1) is 19.8. The molecule has 0 saturated heterocycles. The van der Waals surface area contributed by atoms with Crippen LogP contribution in [0.2, 0.25) is 10.0 Å². The van der Waals surface area contributed by atoms with Gasteiger partial charge >= 0.3 is 0 Å². The SMILES string of the molecule is COc1cc(OC)cc(C(=O)N/N=C\c2ccc(-c3ccc(Cl)cc3Cl)o2)c1. The molecule has 0 fully saturated rings. The summed E-state index contributed by atoms with van der Waals surface area (Å²) in [5.74, 6) is 1.60. The maximum Gasteiger partial charge on any atom is 0.271 e. The number of benzene rings is 2. The van der Waals surface area contributed by atoms with Crippen LogP contribution in [0.3, 0.4) is 0 Å². The summed E-state index contributed by atoms with van der Waals surface area (Å²) in [4.78, 5) is 12.3. The Balaban J connectivity index is 1.70. The second kappa shape index (κ2) is 8.82. The predicted molar refractivity (Wildman–Crippen MR) is 109 cm³/mol. The average molecular weight is 419 g/mol. The molecule has 3 rings (SSSR count). The Morgan fingerprint density at radius 1 is 1.04 bits per heavy atom. The zero-order valence-electron chi connectivity index (χ0n) is 15.0. The van der Waals surface area contributed by atoms with Crippen LogP contribution in [0.15, 0.2) is 58.0 Å². The summed E-state index contributed by atoms with van der Waals surface area (Å²) >= 11 is 12.1. The molecule has 28 heavy (non-hydrogen) atoms. The quantitative estimate of drug-likeness (QED) is 0.449. The van der Waals surface area contributed by atoms with E-state index in [0.29, 0.717) is 44.2 Å². The van der Waals surface area contributed by atoms with E-state index in [4.69, 9.17) is 37.1 Å². The van der Waals surface area contributed by atoms with Gasteiger partial charge in [0.1, 0.15) is 23.0 Å². The lowest BCUT2D eigenvalue weighted by atomic mass is 10.2. The summed E-state index contributed by atoms with van der Waals surface area (Å²) in [7, 11) is 3.02. The second-order valence-electron chi connectivity index (χ2n) is 5.63. The number of methoxy groups -OCH3 is 2. The van der Waals surface area contributed by atoms with Gasteiger partial charge in [-0.05, 0) is 42.5 Å². The fraction of sp³-hybridized carbons (Fsp3) is 0.100. The van der Waals surface area contributed by atoms with Crippen molar-refractivity contribution in [3.8, 4) is 22.8 Å². The number of hydrogen-bond acceptors (Lipinski definition) is 5. The van der Waals surface area contributed by atoms with Gasteiger partial charge in [0.15, 0.2) is 0 Å². The van der Waals surface area contributed by atoms with Gasteiger partial charge in [-0.1, -0.05) is 23.2 Å². The van der Waals surface area contributed by atoms with E-state index in [1.165, 1.54) is 20.4 Å². The lowest BCUT2D eigenvalue weighted by Gasteiger charge is -2.07. The van der Waals surface area contributed by atoms with Gasteiger partial charge in [-0.15, -0.1) is 0 Å². The summed E-state index contributed by atoms with van der Waals surface area (Å²) in [5, 5.41) is 4.94. The molecule has 1 aromatic heterocycles. The van der Waals surface area contributed by atoms with Crippen molar-refractivity contribution in [2.24, 2.45) is 5.10 Å². The monoisotopic (exact) mass is 418 g/mol. The van der Waals surface area contributed by atoms with E-state index < -0.39 is 5.91 Å². The van der Waals surface area contributed by atoms with Gasteiger partial charge < -0.3 is 13.9 Å². The smallest absolute Gasteiger partial charge is 0.271 e. The standard InChI is InChI=1S/C20H16Cl2N2O4/c1-26-15-7-12(8-16(10-15)27-2)20(25)24-23-11-14-4-6-19(28-14)17-5-3-13(21)9-18(17)22/h3-11H,1-2H3,(H,24,25)/b23-11-. The van der Waals surface area contributed by atoms with Crippen LogP contribution in [0, 0.1) is 0 Å².